The summed E-state index contributed by atoms with van der Waals surface area (Å²) in [5.41, 5.74) is 13.0. The van der Waals surface area contributed by atoms with Crippen LogP contribution in [-0.4, -0.2) is 19.5 Å². The van der Waals surface area contributed by atoms with E-state index in [0.717, 1.165) is 49.8 Å². The number of hydrogen-bond acceptors (Lipinski definition) is 4. The summed E-state index contributed by atoms with van der Waals surface area (Å²) in [6.45, 7) is 4.72. The first-order valence-corrected chi connectivity index (χ1v) is 18.0. The summed E-state index contributed by atoms with van der Waals surface area (Å²) in [6.07, 6.45) is 0. The molecule has 11 rings (SSSR count). The molecular weight excluding hydrogens is 649 g/mol. The number of hydrogen-bond donors (Lipinski definition) is 0. The summed E-state index contributed by atoms with van der Waals surface area (Å²) >= 11 is 0. The number of benzene rings is 7. The largest absolute Gasteiger partial charge is 0.454 e. The zero-order valence-electron chi connectivity index (χ0n) is 29.2. The molecule has 0 radical (unpaired) electrons. The van der Waals surface area contributed by atoms with Crippen LogP contribution in [0.4, 0.5) is 0 Å². The van der Waals surface area contributed by atoms with Gasteiger partial charge in [0.15, 0.2) is 23.1 Å². The minimum Gasteiger partial charge on any atom is -0.454 e. The average molecular weight is 681 g/mol. The molecule has 0 spiro atoms. The van der Waals surface area contributed by atoms with E-state index in [1.165, 1.54) is 38.5 Å². The van der Waals surface area contributed by atoms with Crippen molar-refractivity contribution < 1.29 is 4.42 Å². The van der Waals surface area contributed by atoms with Crippen molar-refractivity contribution in [3.8, 4) is 51.0 Å². The lowest BCUT2D eigenvalue weighted by molar-refractivity contribution is 0.666. The summed E-state index contributed by atoms with van der Waals surface area (Å²) < 4.78 is 9.28. The van der Waals surface area contributed by atoms with Crippen LogP contribution < -0.4 is 0 Å². The number of fused-ring (bicyclic) bond motifs is 11. The van der Waals surface area contributed by atoms with Crippen LogP contribution in [-0.2, 0) is 5.41 Å². The Morgan fingerprint density at radius 1 is 0.509 bits per heavy atom. The Labute approximate surface area is 305 Å². The molecule has 7 aromatic carbocycles. The summed E-state index contributed by atoms with van der Waals surface area (Å²) in [5, 5.41) is 4.53. The van der Waals surface area contributed by atoms with Crippen molar-refractivity contribution in [1.82, 2.24) is 19.5 Å². The molecule has 0 saturated carbocycles. The van der Waals surface area contributed by atoms with Gasteiger partial charge in [-0.3, -0.25) is 0 Å². The van der Waals surface area contributed by atoms with Crippen LogP contribution in [0.1, 0.15) is 25.0 Å². The van der Waals surface area contributed by atoms with Gasteiger partial charge in [0.1, 0.15) is 5.58 Å². The fraction of sp³-hybridized carbons (Fsp3) is 0.0625. The minimum atomic E-state index is -0.166. The minimum absolute atomic E-state index is 0.166. The monoisotopic (exact) mass is 680 g/mol. The van der Waals surface area contributed by atoms with Gasteiger partial charge in [-0.2, -0.15) is 0 Å². The van der Waals surface area contributed by atoms with E-state index in [1.807, 2.05) is 60.7 Å². The number of nitrogens with zero attached hydrogens (tertiary/aromatic N) is 4. The third kappa shape index (κ3) is 4.34. The van der Waals surface area contributed by atoms with E-state index in [2.05, 4.69) is 115 Å². The second kappa shape index (κ2) is 11.1. The molecule has 0 amide bonds. The molecule has 5 nitrogen and oxygen atoms in total. The highest BCUT2D eigenvalue weighted by molar-refractivity contribution is 6.23. The Hall–Kier alpha value is -6.85. The van der Waals surface area contributed by atoms with Crippen LogP contribution in [0.25, 0.3) is 94.7 Å². The fourth-order valence-corrected chi connectivity index (χ4v) is 8.61. The first-order valence-electron chi connectivity index (χ1n) is 18.0. The van der Waals surface area contributed by atoms with Crippen LogP contribution in [0, 0.1) is 0 Å². The van der Waals surface area contributed by atoms with Crippen LogP contribution in [0.15, 0.2) is 162 Å². The van der Waals surface area contributed by atoms with Gasteiger partial charge in [-0.15, -0.1) is 0 Å². The number of para-hydroxylation sites is 1. The molecule has 0 fully saturated rings. The Balaban J connectivity index is 1.18. The van der Waals surface area contributed by atoms with Gasteiger partial charge in [0.2, 0.25) is 0 Å². The van der Waals surface area contributed by atoms with Crippen molar-refractivity contribution >= 4 is 43.7 Å². The van der Waals surface area contributed by atoms with E-state index >= 15 is 0 Å². The Morgan fingerprint density at radius 2 is 1.11 bits per heavy atom. The first-order chi connectivity index (χ1) is 26.0. The van der Waals surface area contributed by atoms with E-state index in [9.17, 15) is 0 Å². The maximum atomic E-state index is 6.89. The van der Waals surface area contributed by atoms with Crippen molar-refractivity contribution in [1.29, 1.82) is 0 Å². The first kappa shape index (κ1) is 29.8. The van der Waals surface area contributed by atoms with E-state index in [1.54, 1.807) is 0 Å². The second-order valence-corrected chi connectivity index (χ2v) is 14.4. The zero-order chi connectivity index (χ0) is 35.3. The summed E-state index contributed by atoms with van der Waals surface area (Å²) in [6, 6.07) is 55.1. The van der Waals surface area contributed by atoms with E-state index < -0.39 is 0 Å². The predicted octanol–water partition coefficient (Wildman–Crippen LogP) is 12.2. The van der Waals surface area contributed by atoms with Crippen molar-refractivity contribution in [3.63, 3.8) is 0 Å². The van der Waals surface area contributed by atoms with Gasteiger partial charge >= 0.3 is 0 Å². The molecule has 5 heteroatoms. The van der Waals surface area contributed by atoms with Gasteiger partial charge in [-0.25, -0.2) is 15.0 Å². The van der Waals surface area contributed by atoms with Crippen LogP contribution in [0.3, 0.4) is 0 Å². The van der Waals surface area contributed by atoms with Gasteiger partial charge in [0.25, 0.3) is 0 Å². The molecule has 250 valence electrons. The lowest BCUT2D eigenvalue weighted by Crippen LogP contribution is -2.15. The summed E-state index contributed by atoms with van der Waals surface area (Å²) in [5.74, 6) is 1.89. The van der Waals surface area contributed by atoms with Crippen LogP contribution in [0.5, 0.6) is 0 Å². The van der Waals surface area contributed by atoms with E-state index in [0.29, 0.717) is 17.5 Å². The predicted molar refractivity (Wildman–Crippen MR) is 215 cm³/mol. The smallest absolute Gasteiger partial charge is 0.164 e. The van der Waals surface area contributed by atoms with Crippen LogP contribution >= 0.6 is 0 Å². The number of rotatable bonds is 4. The van der Waals surface area contributed by atoms with Crippen LogP contribution in [0.2, 0.25) is 0 Å². The van der Waals surface area contributed by atoms with Gasteiger partial charge in [0, 0.05) is 49.3 Å². The third-order valence-electron chi connectivity index (χ3n) is 11.0. The lowest BCUT2D eigenvalue weighted by Gasteiger charge is -2.22. The Morgan fingerprint density at radius 3 is 1.81 bits per heavy atom. The molecule has 53 heavy (non-hydrogen) atoms. The summed E-state index contributed by atoms with van der Waals surface area (Å²) in [4.78, 5) is 14.9. The molecule has 0 bridgehead atoms. The van der Waals surface area contributed by atoms with Crippen molar-refractivity contribution in [2.45, 2.75) is 19.3 Å². The maximum absolute atomic E-state index is 6.89. The van der Waals surface area contributed by atoms with Gasteiger partial charge in [-0.05, 0) is 64.7 Å². The SMILES string of the molecule is CC1(C)c2ccccc2-c2ccc3c(c21)c1ccc2c4cc(-c5nc(-c6ccccc6)nc(-c6ccccc6)n5)ccc4oc2c1n3-c1ccccc1. The highest BCUT2D eigenvalue weighted by atomic mass is 16.3. The van der Waals surface area contributed by atoms with E-state index in [4.69, 9.17) is 19.4 Å². The number of furan rings is 1. The highest BCUT2D eigenvalue weighted by Gasteiger charge is 2.38. The standard InChI is InChI=1S/C48H32N4O/c1-48(2)38-21-13-12-20-33(38)34-25-26-39-41(42(34)48)36-24-23-35-37-28-31(22-27-40(37)53-44(35)43(36)52(39)32-18-10-5-11-19-32)47-50-45(29-14-6-3-7-15-29)49-46(51-47)30-16-8-4-9-17-30/h3-28H,1-2H3. The zero-order valence-corrected chi connectivity index (χ0v) is 29.2. The van der Waals surface area contributed by atoms with Crippen molar-refractivity contribution in [2.24, 2.45) is 0 Å². The molecule has 3 aromatic heterocycles. The Bertz CT molecular complexity index is 3010. The van der Waals surface area contributed by atoms with E-state index in [-0.39, 0.29) is 5.41 Å². The third-order valence-corrected chi connectivity index (χ3v) is 11.0. The molecule has 10 aromatic rings. The Kier molecular flexibility index (Phi) is 6.23. The van der Waals surface area contributed by atoms with Gasteiger partial charge in [0.05, 0.1) is 11.0 Å². The van der Waals surface area contributed by atoms with Crippen molar-refractivity contribution in [2.75, 3.05) is 0 Å². The lowest BCUT2D eigenvalue weighted by atomic mass is 9.80. The number of aromatic nitrogens is 4. The molecule has 0 N–H and O–H groups in total. The topological polar surface area (TPSA) is 56.7 Å². The maximum Gasteiger partial charge on any atom is 0.164 e. The highest BCUT2D eigenvalue weighted by Crippen LogP contribution is 2.54. The molecule has 0 atom stereocenters. The van der Waals surface area contributed by atoms with Crippen molar-refractivity contribution in [3.05, 3.63) is 169 Å². The molecule has 0 unspecified atom stereocenters. The fourth-order valence-electron chi connectivity index (χ4n) is 8.61. The van der Waals surface area contributed by atoms with Gasteiger partial charge < -0.3 is 8.98 Å². The molecular formula is C48H32N4O. The molecule has 1 aliphatic carbocycles. The normalized spacial score (nSPS) is 13.2. The molecule has 0 saturated heterocycles. The van der Waals surface area contributed by atoms with Gasteiger partial charge in [-0.1, -0.05) is 129 Å². The molecule has 0 aliphatic heterocycles. The average Bonchev–Trinajstić information content (AvgIpc) is 3.84. The molecule has 1 aliphatic rings. The summed E-state index contributed by atoms with van der Waals surface area (Å²) in [7, 11) is 0. The second-order valence-electron chi connectivity index (χ2n) is 14.4. The molecule has 3 heterocycles. The quantitative estimate of drug-likeness (QED) is 0.186.